The third kappa shape index (κ3) is 2.52. The molecule has 1 spiro atoms. The van der Waals surface area contributed by atoms with Crippen molar-refractivity contribution in [3.63, 3.8) is 0 Å². The van der Waals surface area contributed by atoms with Crippen molar-refractivity contribution in [2.45, 2.75) is 38.5 Å². The molecule has 0 bridgehead atoms. The maximum Gasteiger partial charge on any atom is 0.410 e. The number of aliphatic hydroxyl groups is 1. The topological polar surface area (TPSA) is 62.2 Å². The molecule has 0 aliphatic carbocycles. The van der Waals surface area contributed by atoms with Crippen LogP contribution in [0.15, 0.2) is 0 Å². The average Bonchev–Trinajstić information content (AvgIpc) is 2.57. The molecule has 3 heterocycles. The molecule has 0 radical (unpaired) electrons. The van der Waals surface area contributed by atoms with Crippen LogP contribution in [0.5, 0.6) is 0 Å². The zero-order valence-electron chi connectivity index (χ0n) is 12.5. The lowest BCUT2D eigenvalue weighted by atomic mass is 9.72. The zero-order chi connectivity index (χ0) is 14.5. The van der Waals surface area contributed by atoms with Crippen LogP contribution in [-0.2, 0) is 9.47 Å². The Morgan fingerprint density at radius 1 is 1.25 bits per heavy atom. The SMILES string of the molecule is CC(C)(C)OC(=O)N1CC2(C1)CN([C@@H]1COC[C@@H]1O)C2. The lowest BCUT2D eigenvalue weighted by molar-refractivity contribution is -0.135. The monoisotopic (exact) mass is 284 g/mol. The first-order chi connectivity index (χ1) is 9.28. The van der Waals surface area contributed by atoms with Crippen LogP contribution in [0.25, 0.3) is 0 Å². The molecule has 0 saturated carbocycles. The second-order valence-corrected chi connectivity index (χ2v) is 7.41. The fourth-order valence-electron chi connectivity index (χ4n) is 3.35. The van der Waals surface area contributed by atoms with Gasteiger partial charge in [-0.05, 0) is 20.8 Å². The van der Waals surface area contributed by atoms with E-state index in [-0.39, 0.29) is 23.7 Å². The van der Waals surface area contributed by atoms with Crippen LogP contribution in [-0.4, -0.2) is 78.1 Å². The lowest BCUT2D eigenvalue weighted by Gasteiger charge is -2.61. The Morgan fingerprint density at radius 3 is 2.40 bits per heavy atom. The van der Waals surface area contributed by atoms with Gasteiger partial charge in [-0.25, -0.2) is 4.79 Å². The standard InChI is InChI=1S/C14H24N2O4/c1-13(2,3)20-12(18)16-8-14(9-16)6-15(7-14)10-4-19-5-11(10)17/h10-11,17H,4-9H2,1-3H3/t10-,11+/m1/s1. The van der Waals surface area contributed by atoms with Crippen molar-refractivity contribution in [3.05, 3.63) is 0 Å². The molecule has 6 nitrogen and oxygen atoms in total. The Balaban J connectivity index is 1.44. The number of ether oxygens (including phenoxy) is 2. The highest BCUT2D eigenvalue weighted by Gasteiger charge is 2.56. The summed E-state index contributed by atoms with van der Waals surface area (Å²) < 4.78 is 10.6. The Kier molecular flexibility index (Phi) is 3.23. The minimum Gasteiger partial charge on any atom is -0.444 e. The summed E-state index contributed by atoms with van der Waals surface area (Å²) in [5, 5.41) is 9.80. The van der Waals surface area contributed by atoms with E-state index in [2.05, 4.69) is 4.90 Å². The minimum absolute atomic E-state index is 0.135. The van der Waals surface area contributed by atoms with E-state index in [1.165, 1.54) is 0 Å². The number of rotatable bonds is 1. The molecule has 114 valence electrons. The molecule has 0 aromatic carbocycles. The average molecular weight is 284 g/mol. The zero-order valence-corrected chi connectivity index (χ0v) is 12.5. The number of carbonyl (C=O) groups is 1. The Labute approximate surface area is 119 Å². The normalized spacial score (nSPS) is 32.9. The molecule has 3 fully saturated rings. The molecule has 0 aromatic heterocycles. The predicted molar refractivity (Wildman–Crippen MR) is 72.4 cm³/mol. The molecule has 2 atom stereocenters. The van der Waals surface area contributed by atoms with Gasteiger partial charge in [0.05, 0.1) is 25.4 Å². The number of hydrogen-bond donors (Lipinski definition) is 1. The Bertz CT molecular complexity index is 392. The smallest absolute Gasteiger partial charge is 0.410 e. The first-order valence-corrected chi connectivity index (χ1v) is 7.26. The molecule has 20 heavy (non-hydrogen) atoms. The fraction of sp³-hybridized carbons (Fsp3) is 0.929. The van der Waals surface area contributed by atoms with E-state index < -0.39 is 5.60 Å². The highest BCUT2D eigenvalue weighted by Crippen LogP contribution is 2.42. The van der Waals surface area contributed by atoms with Gasteiger partial charge < -0.3 is 19.5 Å². The van der Waals surface area contributed by atoms with Crippen LogP contribution in [0.3, 0.4) is 0 Å². The van der Waals surface area contributed by atoms with Crippen LogP contribution in [0, 0.1) is 5.41 Å². The molecule has 3 aliphatic rings. The molecule has 1 amide bonds. The summed E-state index contributed by atoms with van der Waals surface area (Å²) in [5.74, 6) is 0. The van der Waals surface area contributed by atoms with Crippen molar-refractivity contribution in [1.82, 2.24) is 9.80 Å². The van der Waals surface area contributed by atoms with Gasteiger partial charge in [0.1, 0.15) is 5.60 Å². The van der Waals surface area contributed by atoms with Gasteiger partial charge in [0.15, 0.2) is 0 Å². The number of aliphatic hydroxyl groups excluding tert-OH is 1. The first-order valence-electron chi connectivity index (χ1n) is 7.26. The molecule has 0 unspecified atom stereocenters. The largest absolute Gasteiger partial charge is 0.444 e. The van der Waals surface area contributed by atoms with E-state index >= 15 is 0 Å². The fourth-order valence-corrected chi connectivity index (χ4v) is 3.35. The van der Waals surface area contributed by atoms with Crippen LogP contribution in [0.1, 0.15) is 20.8 Å². The number of hydrogen-bond acceptors (Lipinski definition) is 5. The Hall–Kier alpha value is -0.850. The van der Waals surface area contributed by atoms with Crippen LogP contribution < -0.4 is 0 Å². The minimum atomic E-state index is -0.434. The number of likely N-dealkylation sites (tertiary alicyclic amines) is 2. The van der Waals surface area contributed by atoms with Gasteiger partial charge in [0, 0.05) is 31.6 Å². The van der Waals surface area contributed by atoms with E-state index in [1.54, 1.807) is 4.90 Å². The second-order valence-electron chi connectivity index (χ2n) is 7.41. The number of nitrogens with zero attached hydrogens (tertiary/aromatic N) is 2. The second kappa shape index (κ2) is 4.58. The molecule has 0 aromatic rings. The van der Waals surface area contributed by atoms with Gasteiger partial charge in [-0.15, -0.1) is 0 Å². The third-order valence-electron chi connectivity index (χ3n) is 4.27. The highest BCUT2D eigenvalue weighted by atomic mass is 16.6. The van der Waals surface area contributed by atoms with Crippen molar-refractivity contribution in [2.75, 3.05) is 39.4 Å². The van der Waals surface area contributed by atoms with Gasteiger partial charge in [-0.1, -0.05) is 0 Å². The van der Waals surface area contributed by atoms with Crippen molar-refractivity contribution < 1.29 is 19.4 Å². The summed E-state index contributed by atoms with van der Waals surface area (Å²) in [6, 6.07) is 0.135. The maximum absolute atomic E-state index is 11.9. The quantitative estimate of drug-likeness (QED) is 0.750. The predicted octanol–water partition coefficient (Wildman–Crippen LogP) is 0.299. The summed E-state index contributed by atoms with van der Waals surface area (Å²) in [5.41, 5.74) is -0.212. The number of carbonyl (C=O) groups excluding carboxylic acids is 1. The van der Waals surface area contributed by atoms with Gasteiger partial charge in [-0.2, -0.15) is 0 Å². The Morgan fingerprint density at radius 2 is 1.90 bits per heavy atom. The van der Waals surface area contributed by atoms with Crippen molar-refractivity contribution in [2.24, 2.45) is 5.41 Å². The van der Waals surface area contributed by atoms with Crippen LogP contribution in [0.4, 0.5) is 4.79 Å². The summed E-state index contributed by atoms with van der Waals surface area (Å²) in [4.78, 5) is 15.9. The van der Waals surface area contributed by atoms with Gasteiger partial charge in [-0.3, -0.25) is 4.90 Å². The van der Waals surface area contributed by atoms with Gasteiger partial charge >= 0.3 is 6.09 Å². The van der Waals surface area contributed by atoms with Gasteiger partial charge in [0.2, 0.25) is 0 Å². The van der Waals surface area contributed by atoms with E-state index in [0.717, 1.165) is 26.2 Å². The van der Waals surface area contributed by atoms with E-state index in [1.807, 2.05) is 20.8 Å². The maximum atomic E-state index is 11.9. The van der Waals surface area contributed by atoms with E-state index in [4.69, 9.17) is 9.47 Å². The first kappa shape index (κ1) is 14.1. The van der Waals surface area contributed by atoms with Crippen molar-refractivity contribution >= 4 is 6.09 Å². The summed E-state index contributed by atoms with van der Waals surface area (Å²) in [7, 11) is 0. The molecule has 3 rings (SSSR count). The van der Waals surface area contributed by atoms with Crippen LogP contribution >= 0.6 is 0 Å². The van der Waals surface area contributed by atoms with Crippen LogP contribution in [0.2, 0.25) is 0 Å². The van der Waals surface area contributed by atoms with Gasteiger partial charge in [0.25, 0.3) is 0 Å². The molecule has 3 saturated heterocycles. The summed E-state index contributed by atoms with van der Waals surface area (Å²) in [6.45, 7) is 10.1. The molecule has 1 N–H and O–H groups in total. The summed E-state index contributed by atoms with van der Waals surface area (Å²) in [6.07, 6.45) is -0.583. The lowest BCUT2D eigenvalue weighted by Crippen LogP contribution is -2.75. The molecular weight excluding hydrogens is 260 g/mol. The third-order valence-corrected chi connectivity index (χ3v) is 4.27. The highest BCUT2D eigenvalue weighted by molar-refractivity contribution is 5.69. The molecule has 3 aliphatic heterocycles. The summed E-state index contributed by atoms with van der Waals surface area (Å²) >= 11 is 0. The number of amides is 1. The van der Waals surface area contributed by atoms with Crippen molar-refractivity contribution in [1.29, 1.82) is 0 Å². The van der Waals surface area contributed by atoms with E-state index in [0.29, 0.717) is 13.2 Å². The van der Waals surface area contributed by atoms with E-state index in [9.17, 15) is 9.90 Å². The molecule has 6 heteroatoms. The molecular formula is C14H24N2O4. The van der Waals surface area contributed by atoms with Crippen molar-refractivity contribution in [3.8, 4) is 0 Å².